The van der Waals surface area contributed by atoms with Crippen molar-refractivity contribution in [1.29, 1.82) is 0 Å². The SMILES string of the molecule is COC[C@H](O)[C@H](N)c1cc(-c2c(OC)cccc2OC)cc(-c2c(OC)cccc2OC)c1. The molecule has 0 saturated carbocycles. The molecule has 0 amide bonds. The summed E-state index contributed by atoms with van der Waals surface area (Å²) >= 11 is 0. The molecule has 176 valence electrons. The Morgan fingerprint density at radius 1 is 0.697 bits per heavy atom. The van der Waals surface area contributed by atoms with E-state index in [4.69, 9.17) is 29.4 Å². The topological polar surface area (TPSA) is 92.4 Å². The van der Waals surface area contributed by atoms with E-state index in [-0.39, 0.29) is 6.61 Å². The first-order valence-corrected chi connectivity index (χ1v) is 10.5. The normalized spacial score (nSPS) is 12.7. The third-order valence-corrected chi connectivity index (χ3v) is 5.53. The van der Waals surface area contributed by atoms with Gasteiger partial charge in [-0.05, 0) is 59.2 Å². The van der Waals surface area contributed by atoms with Gasteiger partial charge in [-0.1, -0.05) is 12.1 Å². The van der Waals surface area contributed by atoms with Gasteiger partial charge in [0.15, 0.2) is 0 Å². The smallest absolute Gasteiger partial charge is 0.130 e. The molecule has 2 atom stereocenters. The van der Waals surface area contributed by atoms with Crippen LogP contribution in [0.4, 0.5) is 0 Å². The number of nitrogens with two attached hydrogens (primary N) is 1. The zero-order chi connectivity index (χ0) is 24.0. The molecule has 0 aliphatic rings. The minimum atomic E-state index is -0.891. The van der Waals surface area contributed by atoms with Crippen molar-refractivity contribution in [3.8, 4) is 45.3 Å². The number of aliphatic hydroxyl groups is 1. The summed E-state index contributed by atoms with van der Waals surface area (Å²) in [6, 6.07) is 16.4. The van der Waals surface area contributed by atoms with Crippen LogP contribution in [0, 0.1) is 0 Å². The van der Waals surface area contributed by atoms with Crippen LogP contribution in [0.15, 0.2) is 54.6 Å². The Hall–Kier alpha value is -3.26. The quantitative estimate of drug-likeness (QED) is 0.478. The molecule has 0 heterocycles. The van der Waals surface area contributed by atoms with E-state index < -0.39 is 12.1 Å². The highest BCUT2D eigenvalue weighted by Crippen LogP contribution is 2.44. The maximum atomic E-state index is 10.5. The number of methoxy groups -OCH3 is 5. The average molecular weight is 454 g/mol. The van der Waals surface area contributed by atoms with Gasteiger partial charge in [0.25, 0.3) is 0 Å². The molecule has 33 heavy (non-hydrogen) atoms. The van der Waals surface area contributed by atoms with Crippen LogP contribution in [0.3, 0.4) is 0 Å². The maximum Gasteiger partial charge on any atom is 0.130 e. The Morgan fingerprint density at radius 2 is 1.09 bits per heavy atom. The maximum absolute atomic E-state index is 10.5. The fourth-order valence-electron chi connectivity index (χ4n) is 3.90. The molecule has 3 N–H and O–H groups in total. The van der Waals surface area contributed by atoms with Gasteiger partial charge in [0.05, 0.1) is 58.3 Å². The largest absolute Gasteiger partial charge is 0.496 e. The molecule has 7 heteroatoms. The summed E-state index contributed by atoms with van der Waals surface area (Å²) in [5, 5.41) is 10.5. The van der Waals surface area contributed by atoms with Gasteiger partial charge in [0.1, 0.15) is 23.0 Å². The van der Waals surface area contributed by atoms with Crippen molar-refractivity contribution >= 4 is 0 Å². The van der Waals surface area contributed by atoms with Crippen LogP contribution in [0.2, 0.25) is 0 Å². The van der Waals surface area contributed by atoms with Crippen molar-refractivity contribution in [3.05, 3.63) is 60.2 Å². The van der Waals surface area contributed by atoms with E-state index in [2.05, 4.69) is 0 Å². The molecule has 7 nitrogen and oxygen atoms in total. The second kappa shape index (κ2) is 11.0. The lowest BCUT2D eigenvalue weighted by atomic mass is 9.91. The van der Waals surface area contributed by atoms with Gasteiger partial charge in [-0.15, -0.1) is 0 Å². The molecule has 3 aromatic carbocycles. The van der Waals surface area contributed by atoms with Crippen LogP contribution in [-0.4, -0.2) is 53.4 Å². The van der Waals surface area contributed by atoms with Crippen molar-refractivity contribution in [2.45, 2.75) is 12.1 Å². The molecule has 0 unspecified atom stereocenters. The Bertz CT molecular complexity index is 966. The van der Waals surface area contributed by atoms with Crippen LogP contribution < -0.4 is 24.7 Å². The van der Waals surface area contributed by atoms with E-state index in [1.807, 2.05) is 54.6 Å². The summed E-state index contributed by atoms with van der Waals surface area (Å²) in [5.41, 5.74) is 10.3. The summed E-state index contributed by atoms with van der Waals surface area (Å²) < 4.78 is 27.6. The van der Waals surface area contributed by atoms with Gasteiger partial charge >= 0.3 is 0 Å². The Balaban J connectivity index is 2.33. The molecular weight excluding hydrogens is 422 g/mol. The standard InChI is InChI=1S/C26H31NO6/c1-29-15-19(28)26(27)18-13-16(24-20(30-2)8-6-9-21(24)31-3)12-17(14-18)25-22(32-4)10-7-11-23(25)33-5/h6-14,19,26,28H,15,27H2,1-5H3/t19-,26+/m0/s1. The highest BCUT2D eigenvalue weighted by molar-refractivity contribution is 5.85. The van der Waals surface area contributed by atoms with Crippen molar-refractivity contribution in [2.24, 2.45) is 5.73 Å². The fourth-order valence-corrected chi connectivity index (χ4v) is 3.90. The van der Waals surface area contributed by atoms with E-state index in [1.165, 1.54) is 7.11 Å². The highest BCUT2D eigenvalue weighted by atomic mass is 16.5. The van der Waals surface area contributed by atoms with E-state index in [1.54, 1.807) is 28.4 Å². The number of benzene rings is 3. The molecule has 3 aromatic rings. The Labute approximate surface area is 194 Å². The van der Waals surface area contributed by atoms with Crippen LogP contribution >= 0.6 is 0 Å². The molecule has 0 aliphatic heterocycles. The number of hydrogen-bond donors (Lipinski definition) is 2. The predicted octanol–water partition coefficient (Wildman–Crippen LogP) is 4.06. The van der Waals surface area contributed by atoms with Crippen LogP contribution in [-0.2, 0) is 4.74 Å². The van der Waals surface area contributed by atoms with E-state index in [0.29, 0.717) is 28.6 Å². The van der Waals surface area contributed by atoms with Crippen molar-refractivity contribution in [1.82, 2.24) is 0 Å². The molecule has 0 aliphatic carbocycles. The van der Waals surface area contributed by atoms with Crippen LogP contribution in [0.25, 0.3) is 22.3 Å². The monoisotopic (exact) mass is 453 g/mol. The molecule has 3 rings (SSSR count). The number of aliphatic hydroxyl groups excluding tert-OH is 1. The molecule has 0 bridgehead atoms. The lowest BCUT2D eigenvalue weighted by Gasteiger charge is -2.22. The van der Waals surface area contributed by atoms with Gasteiger partial charge in [-0.25, -0.2) is 0 Å². The second-order valence-electron chi connectivity index (χ2n) is 7.47. The highest BCUT2D eigenvalue weighted by Gasteiger charge is 2.22. The first kappa shape index (κ1) is 24.4. The molecule has 0 fully saturated rings. The molecule has 0 radical (unpaired) electrons. The van der Waals surface area contributed by atoms with E-state index >= 15 is 0 Å². The first-order valence-electron chi connectivity index (χ1n) is 10.5. The van der Waals surface area contributed by atoms with Gasteiger partial charge in [-0.2, -0.15) is 0 Å². The van der Waals surface area contributed by atoms with Gasteiger partial charge in [0.2, 0.25) is 0 Å². The Kier molecular flexibility index (Phi) is 8.16. The number of rotatable bonds is 10. The average Bonchev–Trinajstić information content (AvgIpc) is 2.86. The third kappa shape index (κ3) is 5.06. The summed E-state index contributed by atoms with van der Waals surface area (Å²) in [6.45, 7) is 0.108. The number of ether oxygens (including phenoxy) is 5. The van der Waals surface area contributed by atoms with Crippen LogP contribution in [0.5, 0.6) is 23.0 Å². The van der Waals surface area contributed by atoms with Crippen molar-refractivity contribution in [2.75, 3.05) is 42.2 Å². The predicted molar refractivity (Wildman–Crippen MR) is 128 cm³/mol. The van der Waals surface area contributed by atoms with Crippen molar-refractivity contribution < 1.29 is 28.8 Å². The van der Waals surface area contributed by atoms with E-state index in [0.717, 1.165) is 22.3 Å². The lowest BCUT2D eigenvalue weighted by molar-refractivity contribution is 0.0477. The van der Waals surface area contributed by atoms with Gasteiger partial charge in [0, 0.05) is 7.11 Å². The minimum absolute atomic E-state index is 0.108. The summed E-state index contributed by atoms with van der Waals surface area (Å²) in [4.78, 5) is 0. The lowest BCUT2D eigenvalue weighted by Crippen LogP contribution is -2.30. The molecular formula is C26H31NO6. The first-order chi connectivity index (χ1) is 16.0. The summed E-state index contributed by atoms with van der Waals surface area (Å²) in [5.74, 6) is 2.59. The van der Waals surface area contributed by atoms with Crippen LogP contribution in [0.1, 0.15) is 11.6 Å². The summed E-state index contributed by atoms with van der Waals surface area (Å²) in [6.07, 6.45) is -0.891. The molecule has 0 saturated heterocycles. The van der Waals surface area contributed by atoms with Gasteiger partial charge < -0.3 is 34.5 Å². The van der Waals surface area contributed by atoms with Crippen molar-refractivity contribution in [3.63, 3.8) is 0 Å². The zero-order valence-corrected chi connectivity index (χ0v) is 19.6. The number of hydrogen-bond acceptors (Lipinski definition) is 7. The zero-order valence-electron chi connectivity index (χ0n) is 19.6. The minimum Gasteiger partial charge on any atom is -0.496 e. The third-order valence-electron chi connectivity index (χ3n) is 5.53. The molecule has 0 aromatic heterocycles. The second-order valence-corrected chi connectivity index (χ2v) is 7.47. The molecule has 0 spiro atoms. The Morgan fingerprint density at radius 3 is 1.42 bits per heavy atom. The van der Waals surface area contributed by atoms with Gasteiger partial charge in [-0.3, -0.25) is 0 Å². The summed E-state index contributed by atoms with van der Waals surface area (Å²) in [7, 11) is 7.97. The fraction of sp³-hybridized carbons (Fsp3) is 0.308. The van der Waals surface area contributed by atoms with E-state index in [9.17, 15) is 5.11 Å².